The molecule has 1 amide bonds. The zero-order chi connectivity index (χ0) is 22.0. The van der Waals surface area contributed by atoms with E-state index >= 15 is 0 Å². The van der Waals surface area contributed by atoms with Crippen LogP contribution in [0.25, 0.3) is 11.0 Å². The summed E-state index contributed by atoms with van der Waals surface area (Å²) in [5, 5.41) is 0. The van der Waals surface area contributed by atoms with E-state index in [1.165, 1.54) is 22.5 Å². The summed E-state index contributed by atoms with van der Waals surface area (Å²) in [5.74, 6) is -0.138. The molecule has 3 aromatic rings. The molecule has 1 aliphatic heterocycles. The lowest BCUT2D eigenvalue weighted by Crippen LogP contribution is -2.50. The molecule has 1 fully saturated rings. The highest BCUT2D eigenvalue weighted by molar-refractivity contribution is 7.89. The van der Waals surface area contributed by atoms with Gasteiger partial charge >= 0.3 is 6.61 Å². The summed E-state index contributed by atoms with van der Waals surface area (Å²) in [6.45, 7) is -2.04. The number of carbonyl (C=O) groups is 1. The molecule has 0 aliphatic carbocycles. The van der Waals surface area contributed by atoms with Gasteiger partial charge in [-0.25, -0.2) is 8.42 Å². The van der Waals surface area contributed by atoms with E-state index in [0.29, 0.717) is 16.6 Å². The Kier molecular flexibility index (Phi) is 6.12. The summed E-state index contributed by atoms with van der Waals surface area (Å²) >= 11 is 0.958. The molecule has 2 heterocycles. The molecule has 31 heavy (non-hydrogen) atoms. The monoisotopic (exact) mass is 468 g/mol. The van der Waals surface area contributed by atoms with Crippen LogP contribution in [0.15, 0.2) is 47.4 Å². The van der Waals surface area contributed by atoms with Crippen molar-refractivity contribution >= 4 is 38.7 Å². The Labute approximate surface area is 181 Å². The highest BCUT2D eigenvalue weighted by Crippen LogP contribution is 2.25. The average Bonchev–Trinajstić information content (AvgIpc) is 3.23. The molecule has 4 rings (SSSR count). The van der Waals surface area contributed by atoms with Crippen molar-refractivity contribution in [2.24, 2.45) is 0 Å². The lowest BCUT2D eigenvalue weighted by molar-refractivity contribution is -0.131. The topological polar surface area (TPSA) is 92.7 Å². The number of piperazine rings is 1. The maximum absolute atomic E-state index is 13.1. The Hall–Kier alpha value is -2.70. The van der Waals surface area contributed by atoms with Crippen LogP contribution in [-0.4, -0.2) is 65.1 Å². The Morgan fingerprint density at radius 2 is 1.77 bits per heavy atom. The molecule has 0 unspecified atom stereocenters. The first-order chi connectivity index (χ1) is 14.8. The number of aromatic nitrogens is 2. The van der Waals surface area contributed by atoms with E-state index in [9.17, 15) is 22.0 Å². The number of amides is 1. The maximum atomic E-state index is 13.1. The zero-order valence-electron chi connectivity index (χ0n) is 16.1. The third-order valence-electron chi connectivity index (χ3n) is 4.96. The number of ether oxygens (including phenoxy) is 1. The summed E-state index contributed by atoms with van der Waals surface area (Å²) in [6, 6.07) is 10.7. The SMILES string of the molecule is O=C(Cc1ccc(OC(F)F)cc1)N1CCN(S(=O)(=O)c2cccc3nsnc23)CC1. The van der Waals surface area contributed by atoms with Gasteiger partial charge in [0.2, 0.25) is 15.9 Å². The fourth-order valence-corrected chi connectivity index (χ4v) is 5.56. The number of halogens is 2. The van der Waals surface area contributed by atoms with E-state index in [1.54, 1.807) is 29.2 Å². The first-order valence-electron chi connectivity index (χ1n) is 9.37. The van der Waals surface area contributed by atoms with E-state index in [-0.39, 0.29) is 49.2 Å². The van der Waals surface area contributed by atoms with Gasteiger partial charge in [0.05, 0.1) is 18.1 Å². The standard InChI is InChI=1S/C19H18F2N4O4S2/c20-19(21)29-14-6-4-13(5-7-14)12-17(26)24-8-10-25(11-9-24)31(27,28)16-3-1-2-15-18(16)23-30-22-15/h1-7,19H,8-12H2. The van der Waals surface area contributed by atoms with Gasteiger partial charge < -0.3 is 9.64 Å². The van der Waals surface area contributed by atoms with Crippen molar-refractivity contribution in [1.82, 2.24) is 18.0 Å². The van der Waals surface area contributed by atoms with Gasteiger partial charge in [-0.05, 0) is 29.8 Å². The molecule has 1 aliphatic rings. The quantitative estimate of drug-likeness (QED) is 0.552. The Bertz CT molecular complexity index is 1180. The Balaban J connectivity index is 1.38. The van der Waals surface area contributed by atoms with Gasteiger partial charge in [-0.15, -0.1) is 0 Å². The number of nitrogens with zero attached hydrogens (tertiary/aromatic N) is 4. The fourth-order valence-electron chi connectivity index (χ4n) is 3.38. The van der Waals surface area contributed by atoms with Crippen LogP contribution in [0.2, 0.25) is 0 Å². The smallest absolute Gasteiger partial charge is 0.387 e. The average molecular weight is 469 g/mol. The van der Waals surface area contributed by atoms with E-state index in [2.05, 4.69) is 13.5 Å². The molecule has 0 saturated carbocycles. The van der Waals surface area contributed by atoms with Crippen molar-refractivity contribution in [2.45, 2.75) is 17.9 Å². The van der Waals surface area contributed by atoms with Crippen molar-refractivity contribution in [3.63, 3.8) is 0 Å². The lowest BCUT2D eigenvalue weighted by Gasteiger charge is -2.34. The summed E-state index contributed by atoms with van der Waals surface area (Å²) < 4.78 is 64.4. The zero-order valence-corrected chi connectivity index (χ0v) is 17.8. The van der Waals surface area contributed by atoms with Gasteiger partial charge in [-0.2, -0.15) is 21.8 Å². The van der Waals surface area contributed by atoms with Crippen LogP contribution in [-0.2, 0) is 21.2 Å². The van der Waals surface area contributed by atoms with Gasteiger partial charge in [-0.3, -0.25) is 4.79 Å². The minimum absolute atomic E-state index is 0.0235. The van der Waals surface area contributed by atoms with E-state index in [4.69, 9.17) is 0 Å². The number of hydrogen-bond donors (Lipinski definition) is 0. The maximum Gasteiger partial charge on any atom is 0.387 e. The number of rotatable bonds is 6. The van der Waals surface area contributed by atoms with Crippen LogP contribution in [0.1, 0.15) is 5.56 Å². The van der Waals surface area contributed by atoms with E-state index in [1.807, 2.05) is 0 Å². The normalized spacial score (nSPS) is 15.5. The second kappa shape index (κ2) is 8.81. The molecule has 0 N–H and O–H groups in total. The number of alkyl halides is 2. The number of carbonyl (C=O) groups excluding carboxylic acids is 1. The van der Waals surface area contributed by atoms with Crippen molar-refractivity contribution in [1.29, 1.82) is 0 Å². The molecular weight excluding hydrogens is 450 g/mol. The summed E-state index contributed by atoms with van der Waals surface area (Å²) in [7, 11) is -3.76. The highest BCUT2D eigenvalue weighted by Gasteiger charge is 2.31. The minimum Gasteiger partial charge on any atom is -0.435 e. The number of hydrogen-bond acceptors (Lipinski definition) is 7. The Morgan fingerprint density at radius 1 is 1.06 bits per heavy atom. The van der Waals surface area contributed by atoms with Crippen LogP contribution in [0, 0.1) is 0 Å². The van der Waals surface area contributed by atoms with E-state index in [0.717, 1.165) is 11.7 Å². The van der Waals surface area contributed by atoms with Crippen molar-refractivity contribution in [3.8, 4) is 5.75 Å². The van der Waals surface area contributed by atoms with Crippen LogP contribution in [0.4, 0.5) is 8.78 Å². The molecule has 12 heteroatoms. The van der Waals surface area contributed by atoms with Gasteiger partial charge in [0.25, 0.3) is 0 Å². The molecule has 0 radical (unpaired) electrons. The summed E-state index contributed by atoms with van der Waals surface area (Å²) in [6.07, 6.45) is 0.0888. The molecule has 1 saturated heterocycles. The third kappa shape index (κ3) is 4.65. The predicted octanol–water partition coefficient (Wildman–Crippen LogP) is 2.37. The van der Waals surface area contributed by atoms with Gasteiger partial charge in [-0.1, -0.05) is 18.2 Å². The molecule has 164 valence electrons. The summed E-state index contributed by atoms with van der Waals surface area (Å²) in [4.78, 5) is 14.3. The first-order valence-corrected chi connectivity index (χ1v) is 11.5. The molecule has 8 nitrogen and oxygen atoms in total. The molecular formula is C19H18F2N4O4S2. The predicted molar refractivity (Wildman–Crippen MR) is 110 cm³/mol. The van der Waals surface area contributed by atoms with Crippen molar-refractivity contribution in [3.05, 3.63) is 48.0 Å². The van der Waals surface area contributed by atoms with Crippen LogP contribution in [0.5, 0.6) is 5.75 Å². The van der Waals surface area contributed by atoms with Crippen molar-refractivity contribution < 1.29 is 26.7 Å². The van der Waals surface area contributed by atoms with Gasteiger partial charge in [0.1, 0.15) is 21.7 Å². The molecule has 0 bridgehead atoms. The second-order valence-corrected chi connectivity index (χ2v) is 9.31. The molecule has 1 aromatic heterocycles. The minimum atomic E-state index is -3.76. The number of benzene rings is 2. The largest absolute Gasteiger partial charge is 0.435 e. The fraction of sp³-hybridized carbons (Fsp3) is 0.316. The Morgan fingerprint density at radius 3 is 2.45 bits per heavy atom. The molecule has 0 atom stereocenters. The lowest BCUT2D eigenvalue weighted by atomic mass is 10.1. The van der Waals surface area contributed by atoms with Crippen molar-refractivity contribution in [2.75, 3.05) is 26.2 Å². The molecule has 0 spiro atoms. The number of fused-ring (bicyclic) bond motifs is 1. The van der Waals surface area contributed by atoms with Gasteiger partial charge in [0.15, 0.2) is 0 Å². The van der Waals surface area contributed by atoms with E-state index < -0.39 is 16.6 Å². The highest BCUT2D eigenvalue weighted by atomic mass is 32.2. The number of sulfonamides is 1. The van der Waals surface area contributed by atoms with Crippen LogP contribution in [0.3, 0.4) is 0 Å². The van der Waals surface area contributed by atoms with Gasteiger partial charge in [0, 0.05) is 26.2 Å². The second-order valence-electron chi connectivity index (χ2n) is 6.87. The summed E-state index contributed by atoms with van der Waals surface area (Å²) in [5.41, 5.74) is 1.54. The molecule has 2 aromatic carbocycles. The van der Waals surface area contributed by atoms with Crippen LogP contribution >= 0.6 is 11.7 Å². The van der Waals surface area contributed by atoms with Crippen LogP contribution < -0.4 is 4.74 Å². The third-order valence-corrected chi connectivity index (χ3v) is 7.43. The first kappa shape index (κ1) is 21.5.